The Labute approximate surface area is 356 Å². The summed E-state index contributed by atoms with van der Waals surface area (Å²) in [6, 6.07) is 20.8. The summed E-state index contributed by atoms with van der Waals surface area (Å²) in [6.07, 6.45) is 2.88. The molecule has 10 atom stereocenters. The monoisotopic (exact) mass is 826 g/mol. The maximum absolute atomic E-state index is 14.4. The molecule has 3 aromatic carbocycles. The lowest BCUT2D eigenvalue weighted by atomic mass is 9.45. The Morgan fingerprint density at radius 3 is 2.45 bits per heavy atom. The molecule has 326 valence electrons. The fourth-order valence-corrected chi connectivity index (χ4v) is 11.0. The number of amides is 2. The van der Waals surface area contributed by atoms with Gasteiger partial charge in [0.2, 0.25) is 5.91 Å². The first-order valence-electron chi connectivity index (χ1n) is 21.9. The molecule has 5 fully saturated rings. The fraction of sp³-hybridized carbons (Fsp3) is 0.583. The molecule has 8 rings (SSSR count). The van der Waals surface area contributed by atoms with Crippen LogP contribution in [0.25, 0.3) is 11.1 Å². The Balaban J connectivity index is 1.20. The highest BCUT2D eigenvalue weighted by Crippen LogP contribution is 2.61. The minimum atomic E-state index is -0.919. The van der Waals surface area contributed by atoms with Gasteiger partial charge in [0.25, 0.3) is 5.91 Å². The van der Waals surface area contributed by atoms with Gasteiger partial charge in [0, 0.05) is 53.5 Å². The van der Waals surface area contributed by atoms with Crippen molar-refractivity contribution in [2.24, 2.45) is 29.1 Å². The molecule has 0 spiro atoms. The van der Waals surface area contributed by atoms with Gasteiger partial charge in [-0.15, -0.1) is 0 Å². The lowest BCUT2D eigenvalue weighted by Crippen LogP contribution is -2.62. The van der Waals surface area contributed by atoms with Crippen molar-refractivity contribution in [3.63, 3.8) is 0 Å². The van der Waals surface area contributed by atoms with Crippen molar-refractivity contribution < 1.29 is 34.5 Å². The van der Waals surface area contributed by atoms with Crippen molar-refractivity contribution in [3.05, 3.63) is 83.4 Å². The number of aliphatic hydroxyl groups is 3. The highest BCUT2D eigenvalue weighted by Gasteiger charge is 2.57. The minimum Gasteiger partial charge on any atom is -0.496 e. The lowest BCUT2D eigenvalue weighted by molar-refractivity contribution is -0.183. The Morgan fingerprint density at radius 2 is 1.80 bits per heavy atom. The molecule has 0 aromatic heterocycles. The number of benzene rings is 3. The number of nitrogens with one attached hydrogen (secondary N) is 2. The first-order valence-corrected chi connectivity index (χ1v) is 21.9. The van der Waals surface area contributed by atoms with Gasteiger partial charge in [-0.05, 0) is 106 Å². The Hall–Kier alpha value is -4.04. The number of fused-ring (bicyclic) bond motifs is 2. The van der Waals surface area contributed by atoms with Crippen molar-refractivity contribution in [1.29, 1.82) is 0 Å². The predicted molar refractivity (Wildman–Crippen MR) is 233 cm³/mol. The van der Waals surface area contributed by atoms with E-state index in [0.29, 0.717) is 42.0 Å². The number of rotatable bonds is 16. The van der Waals surface area contributed by atoms with Gasteiger partial charge in [-0.2, -0.15) is 5.06 Å². The zero-order valence-corrected chi connectivity index (χ0v) is 36.5. The van der Waals surface area contributed by atoms with E-state index in [-0.39, 0.29) is 55.1 Å². The van der Waals surface area contributed by atoms with Crippen molar-refractivity contribution in [1.82, 2.24) is 20.6 Å². The third-order valence-electron chi connectivity index (χ3n) is 14.3. The van der Waals surface area contributed by atoms with E-state index in [4.69, 9.17) is 9.57 Å². The molecule has 12 heteroatoms. The molecule has 60 heavy (non-hydrogen) atoms. The number of hydrogen-bond acceptors (Lipinski definition) is 10. The van der Waals surface area contributed by atoms with E-state index in [0.717, 1.165) is 53.7 Å². The summed E-state index contributed by atoms with van der Waals surface area (Å²) in [4.78, 5) is 39.3. The van der Waals surface area contributed by atoms with Crippen molar-refractivity contribution in [2.45, 2.75) is 103 Å². The van der Waals surface area contributed by atoms with Crippen molar-refractivity contribution >= 4 is 17.5 Å². The van der Waals surface area contributed by atoms with E-state index in [2.05, 4.69) is 59.4 Å². The first kappa shape index (κ1) is 44.0. The van der Waals surface area contributed by atoms with E-state index in [1.54, 1.807) is 19.1 Å². The summed E-state index contributed by atoms with van der Waals surface area (Å²) in [7, 11) is 5.61. The molecule has 3 aliphatic carbocycles. The molecule has 5 N–H and O–H groups in total. The maximum atomic E-state index is 14.4. The van der Waals surface area contributed by atoms with Crippen LogP contribution in [0.2, 0.25) is 0 Å². The lowest BCUT2D eigenvalue weighted by Gasteiger charge is -2.62. The van der Waals surface area contributed by atoms with Gasteiger partial charge in [-0.25, -0.2) is 0 Å². The van der Waals surface area contributed by atoms with E-state index < -0.39 is 24.2 Å². The second-order valence-corrected chi connectivity index (χ2v) is 18.8. The van der Waals surface area contributed by atoms with Crippen LogP contribution >= 0.6 is 0 Å². The second-order valence-electron chi connectivity index (χ2n) is 18.8. The van der Waals surface area contributed by atoms with Crippen LogP contribution in [0.4, 0.5) is 5.69 Å². The summed E-state index contributed by atoms with van der Waals surface area (Å²) in [5.74, 6) is 0.911. The molecular weight excluding hydrogens is 759 g/mol. The number of anilines is 1. The van der Waals surface area contributed by atoms with E-state index in [9.17, 15) is 24.9 Å². The number of hydrogen-bond donors (Lipinski definition) is 5. The van der Waals surface area contributed by atoms with Gasteiger partial charge in [-0.3, -0.25) is 14.4 Å². The van der Waals surface area contributed by atoms with Gasteiger partial charge in [0.05, 0.1) is 39.0 Å². The van der Waals surface area contributed by atoms with Crippen LogP contribution in [0.3, 0.4) is 0 Å². The quantitative estimate of drug-likeness (QED) is 0.135. The minimum absolute atomic E-state index is 0.0121. The Bertz CT molecular complexity index is 1960. The van der Waals surface area contributed by atoms with E-state index in [1.165, 1.54) is 6.42 Å². The summed E-state index contributed by atoms with van der Waals surface area (Å²) < 4.78 is 6.18. The molecule has 0 radical (unpaired) electrons. The number of carbonyl (C=O) groups excluding carboxylic acids is 2. The van der Waals surface area contributed by atoms with Crippen LogP contribution < -0.4 is 20.3 Å². The number of ether oxygens (including phenoxy) is 1. The van der Waals surface area contributed by atoms with Gasteiger partial charge in [0.1, 0.15) is 17.9 Å². The molecular formula is C48H67N5O7. The van der Waals surface area contributed by atoms with Crippen LogP contribution in [0, 0.1) is 29.1 Å². The fourth-order valence-electron chi connectivity index (χ4n) is 11.0. The molecule has 0 unspecified atom stereocenters. The Morgan fingerprint density at radius 1 is 1.03 bits per heavy atom. The SMILES string of the molecule is COc1c(CN2O[C@@H](CO)[C@@H]([C@H](C)O)[C@H]2C(=O)N[C@H]2C[C@H]3C[C@H]([C@@H]2C)C3(C)C)cccc1-c1cc(C(=O)N[C@@H](Cc2ccccc2)CN(C)C)cc(N2CCC[C@@H]2CO)c1. The maximum Gasteiger partial charge on any atom is 0.251 e. The average Bonchev–Trinajstić information content (AvgIpc) is 3.86. The zero-order chi connectivity index (χ0) is 42.9. The normalized spacial score (nSPS) is 28.3. The van der Waals surface area contributed by atoms with Gasteiger partial charge in [0.15, 0.2) is 0 Å². The zero-order valence-electron chi connectivity index (χ0n) is 36.5. The molecule has 3 aromatic rings. The molecule has 2 aliphatic heterocycles. The summed E-state index contributed by atoms with van der Waals surface area (Å²) >= 11 is 0. The van der Waals surface area contributed by atoms with Crippen LogP contribution in [0.15, 0.2) is 66.7 Å². The molecule has 2 bridgehead atoms. The Kier molecular flexibility index (Phi) is 13.6. The number of hydroxylamine groups is 2. The number of aliphatic hydroxyl groups excluding tert-OH is 3. The second kappa shape index (κ2) is 18.5. The highest BCUT2D eigenvalue weighted by molar-refractivity contribution is 5.97. The number of likely N-dealkylation sites (N-methyl/N-ethyl adjacent to an activating group) is 1. The standard InChI is InChI=1S/C48H67N5O7/c1-29-40-23-35(48(40,3)4)24-41(29)50-47(58)44-43(30(2)56)42(28-55)60-53(44)25-32-15-11-17-39(45(32)59-7)33-20-34(22-38(21-33)52-18-12-16-37(52)27-54)46(57)49-36(26-51(5)6)19-31-13-9-8-10-14-31/h8-11,13-15,17,20-22,29-30,35-37,40-44,54-56H,12,16,18-19,23-28H2,1-7H3,(H,49,57)(H,50,58)/t29-,30-,35+,36-,37+,40+,41-,42-,43+,44-/m0/s1. The number of methoxy groups -OCH3 is 1. The molecule has 3 saturated carbocycles. The third kappa shape index (κ3) is 8.96. The molecule has 2 heterocycles. The molecule has 5 aliphatic rings. The van der Waals surface area contributed by atoms with Gasteiger partial charge < -0.3 is 40.5 Å². The van der Waals surface area contributed by atoms with Gasteiger partial charge in [-0.1, -0.05) is 69.3 Å². The summed E-state index contributed by atoms with van der Waals surface area (Å²) in [5, 5.41) is 40.1. The highest BCUT2D eigenvalue weighted by atomic mass is 16.7. The molecule has 12 nitrogen and oxygen atoms in total. The van der Waals surface area contributed by atoms with Crippen LogP contribution in [0.1, 0.15) is 74.9 Å². The van der Waals surface area contributed by atoms with E-state index >= 15 is 0 Å². The third-order valence-corrected chi connectivity index (χ3v) is 14.3. The number of carbonyl (C=O) groups is 2. The van der Waals surface area contributed by atoms with E-state index in [1.807, 2.05) is 62.6 Å². The largest absolute Gasteiger partial charge is 0.496 e. The van der Waals surface area contributed by atoms with Crippen molar-refractivity contribution in [3.8, 4) is 16.9 Å². The summed E-state index contributed by atoms with van der Waals surface area (Å²) in [6.45, 7) is 9.78. The first-order chi connectivity index (χ1) is 28.7. The van der Waals surface area contributed by atoms with Crippen LogP contribution in [-0.4, -0.2) is 121 Å². The van der Waals surface area contributed by atoms with Crippen LogP contribution in [-0.2, 0) is 22.6 Å². The topological polar surface area (TPSA) is 147 Å². The van der Waals surface area contributed by atoms with Gasteiger partial charge >= 0.3 is 0 Å². The molecule has 2 saturated heterocycles. The number of para-hydroxylation sites is 1. The molecule has 2 amide bonds. The summed E-state index contributed by atoms with van der Waals surface area (Å²) in [5.41, 5.74) is 5.01. The number of nitrogens with zero attached hydrogens (tertiary/aromatic N) is 3. The van der Waals surface area contributed by atoms with Crippen LogP contribution in [0.5, 0.6) is 5.75 Å². The average molecular weight is 826 g/mol. The van der Waals surface area contributed by atoms with Crippen molar-refractivity contribution in [2.75, 3.05) is 52.4 Å². The predicted octanol–water partition coefficient (Wildman–Crippen LogP) is 4.89. The smallest absolute Gasteiger partial charge is 0.251 e.